The normalized spacial score (nSPS) is 15.9. The zero-order valence-electron chi connectivity index (χ0n) is 19.0. The number of thiazole rings is 1. The van der Waals surface area contributed by atoms with Crippen LogP contribution in [0.1, 0.15) is 24.1 Å². The zero-order chi connectivity index (χ0) is 27.1. The highest BCUT2D eigenvalue weighted by Crippen LogP contribution is 2.38. The number of hydrogen-bond acceptors (Lipinski definition) is 6. The smallest absolute Gasteiger partial charge is 0.434 e. The fourth-order valence-electron chi connectivity index (χ4n) is 3.84. The van der Waals surface area contributed by atoms with E-state index in [9.17, 15) is 22.8 Å². The third kappa shape index (κ3) is 5.45. The van der Waals surface area contributed by atoms with E-state index in [0.29, 0.717) is 24.9 Å². The summed E-state index contributed by atoms with van der Waals surface area (Å²) in [4.78, 5) is 30.0. The van der Waals surface area contributed by atoms with Gasteiger partial charge in [-0.05, 0) is 65.4 Å². The highest BCUT2D eigenvalue weighted by molar-refractivity contribution is 14.1. The summed E-state index contributed by atoms with van der Waals surface area (Å²) in [6, 6.07) is 7.61. The van der Waals surface area contributed by atoms with Crippen LogP contribution < -0.4 is 19.6 Å². The van der Waals surface area contributed by atoms with Gasteiger partial charge < -0.3 is 9.47 Å². The Bertz CT molecular complexity index is 1600. The summed E-state index contributed by atoms with van der Waals surface area (Å²) in [5.41, 5.74) is -2.18. The molecule has 1 aliphatic heterocycles. The summed E-state index contributed by atoms with van der Waals surface area (Å²) in [5, 5.41) is 0.712. The Balaban J connectivity index is 2.07. The maximum absolute atomic E-state index is 14.2. The average Bonchev–Trinajstić information content (AvgIpc) is 3.13. The monoisotopic (exact) mass is 682 g/mol. The van der Waals surface area contributed by atoms with Gasteiger partial charge in [-0.3, -0.25) is 9.36 Å². The van der Waals surface area contributed by atoms with E-state index in [2.05, 4.69) is 4.99 Å². The Morgan fingerprint density at radius 2 is 1.89 bits per heavy atom. The molecule has 194 valence electrons. The molecule has 3 aromatic rings. The van der Waals surface area contributed by atoms with E-state index in [4.69, 9.17) is 32.7 Å². The van der Waals surface area contributed by atoms with Gasteiger partial charge in [0.25, 0.3) is 5.56 Å². The molecule has 37 heavy (non-hydrogen) atoms. The number of methoxy groups -OCH3 is 1. The number of ether oxygens (including phenoxy) is 2. The molecular weight excluding hydrogens is 667 g/mol. The summed E-state index contributed by atoms with van der Waals surface area (Å²) < 4.78 is 54.7. The molecule has 0 N–H and O–H groups in total. The first-order valence-corrected chi connectivity index (χ1v) is 13.2. The summed E-state index contributed by atoms with van der Waals surface area (Å²) in [6.45, 7) is 1.30. The number of esters is 1. The summed E-state index contributed by atoms with van der Waals surface area (Å²) in [5.74, 6) is -0.785. The average molecular weight is 683 g/mol. The molecule has 2 aromatic carbocycles. The van der Waals surface area contributed by atoms with Crippen LogP contribution in [-0.2, 0) is 9.53 Å². The lowest BCUT2D eigenvalue weighted by Crippen LogP contribution is -2.41. The Labute approximate surface area is 235 Å². The number of alkyl halides is 3. The molecule has 1 aromatic heterocycles. The first-order valence-electron chi connectivity index (χ1n) is 10.5. The number of carbonyl (C=O) groups excluding carboxylic acids is 1. The highest BCUT2D eigenvalue weighted by Gasteiger charge is 2.45. The van der Waals surface area contributed by atoms with Crippen molar-refractivity contribution in [1.82, 2.24) is 4.57 Å². The van der Waals surface area contributed by atoms with Gasteiger partial charge in [-0.2, -0.15) is 13.2 Å². The van der Waals surface area contributed by atoms with Crippen molar-refractivity contribution >= 4 is 69.2 Å². The van der Waals surface area contributed by atoms with Crippen molar-refractivity contribution in [1.29, 1.82) is 0 Å². The lowest BCUT2D eigenvalue weighted by atomic mass is 9.95. The zero-order valence-corrected chi connectivity index (χ0v) is 23.5. The van der Waals surface area contributed by atoms with Crippen molar-refractivity contribution in [3.8, 4) is 5.75 Å². The molecule has 0 amide bonds. The topological polar surface area (TPSA) is 69.9 Å². The van der Waals surface area contributed by atoms with Crippen LogP contribution in [0.5, 0.6) is 5.75 Å². The largest absolute Gasteiger partial charge is 0.495 e. The van der Waals surface area contributed by atoms with Crippen molar-refractivity contribution in [2.24, 2.45) is 4.99 Å². The fraction of sp³-hybridized carbons (Fsp3) is 0.208. The molecule has 2 heterocycles. The van der Waals surface area contributed by atoms with Crippen LogP contribution in [-0.4, -0.2) is 30.4 Å². The van der Waals surface area contributed by atoms with Gasteiger partial charge >= 0.3 is 12.1 Å². The molecule has 0 unspecified atom stereocenters. The molecule has 0 fully saturated rings. The maximum atomic E-state index is 14.2. The summed E-state index contributed by atoms with van der Waals surface area (Å²) >= 11 is 14.9. The van der Waals surface area contributed by atoms with Crippen LogP contribution in [0.3, 0.4) is 0 Å². The van der Waals surface area contributed by atoms with Crippen LogP contribution >= 0.6 is 57.1 Å². The Morgan fingerprint density at radius 1 is 1.22 bits per heavy atom. The van der Waals surface area contributed by atoms with Crippen LogP contribution in [0, 0.1) is 3.57 Å². The van der Waals surface area contributed by atoms with E-state index >= 15 is 0 Å². The van der Waals surface area contributed by atoms with Crippen molar-refractivity contribution in [2.75, 3.05) is 13.7 Å². The Kier molecular flexibility index (Phi) is 8.07. The number of halogens is 6. The van der Waals surface area contributed by atoms with Crippen molar-refractivity contribution in [2.45, 2.75) is 19.1 Å². The molecule has 0 saturated carbocycles. The fourth-order valence-corrected chi connectivity index (χ4v) is 6.24. The SMILES string of the molecule is CCOC(=O)C1=C(C(F)(F)F)N=c2s/c(=C\c3cc(Cl)cc(I)c3OC)c(=O)n2[C@H]1c1ccc(Cl)cc1. The minimum absolute atomic E-state index is 0.0701. The van der Waals surface area contributed by atoms with Crippen molar-refractivity contribution < 1.29 is 27.4 Å². The first kappa shape index (κ1) is 27.7. The molecule has 0 bridgehead atoms. The van der Waals surface area contributed by atoms with Crippen molar-refractivity contribution in [3.05, 3.63) is 92.1 Å². The van der Waals surface area contributed by atoms with E-state index in [0.717, 1.165) is 15.9 Å². The molecular formula is C24H16Cl2F3IN2O4S. The van der Waals surface area contributed by atoms with Gasteiger partial charge in [0.2, 0.25) is 0 Å². The van der Waals surface area contributed by atoms with Gasteiger partial charge in [-0.1, -0.05) is 46.7 Å². The Hall–Kier alpha value is -2.35. The number of hydrogen-bond donors (Lipinski definition) is 0. The number of benzene rings is 2. The third-order valence-electron chi connectivity index (χ3n) is 5.31. The quantitative estimate of drug-likeness (QED) is 0.272. The summed E-state index contributed by atoms with van der Waals surface area (Å²) in [6.07, 6.45) is -3.52. The van der Waals surface area contributed by atoms with Gasteiger partial charge in [0.05, 0.1) is 33.4 Å². The lowest BCUT2D eigenvalue weighted by Gasteiger charge is -2.26. The number of carbonyl (C=O) groups is 1. The highest BCUT2D eigenvalue weighted by atomic mass is 127. The molecule has 0 radical (unpaired) electrons. The minimum atomic E-state index is -4.99. The van der Waals surface area contributed by atoms with Gasteiger partial charge in [0.1, 0.15) is 5.75 Å². The van der Waals surface area contributed by atoms with Crippen LogP contribution in [0.4, 0.5) is 13.2 Å². The second-order valence-electron chi connectivity index (χ2n) is 7.62. The number of aromatic nitrogens is 1. The predicted octanol–water partition coefficient (Wildman–Crippen LogP) is 5.26. The molecule has 0 spiro atoms. The number of allylic oxidation sites excluding steroid dienone is 1. The molecule has 6 nitrogen and oxygen atoms in total. The van der Waals surface area contributed by atoms with Crippen LogP contribution in [0.2, 0.25) is 10.0 Å². The number of rotatable bonds is 5. The van der Waals surface area contributed by atoms with Crippen LogP contribution in [0.15, 0.2) is 57.5 Å². The third-order valence-corrected chi connectivity index (χ3v) is 7.56. The second kappa shape index (κ2) is 10.8. The Morgan fingerprint density at radius 3 is 2.49 bits per heavy atom. The number of nitrogens with zero attached hydrogens (tertiary/aromatic N) is 2. The first-order chi connectivity index (χ1) is 17.5. The maximum Gasteiger partial charge on any atom is 0.434 e. The molecule has 4 rings (SSSR count). The molecule has 13 heteroatoms. The van der Waals surface area contributed by atoms with E-state index in [-0.39, 0.29) is 21.5 Å². The minimum Gasteiger partial charge on any atom is -0.495 e. The molecule has 0 saturated heterocycles. The van der Waals surface area contributed by atoms with E-state index < -0.39 is 35.0 Å². The van der Waals surface area contributed by atoms with Crippen molar-refractivity contribution in [3.63, 3.8) is 0 Å². The summed E-state index contributed by atoms with van der Waals surface area (Å²) in [7, 11) is 1.45. The van der Waals surface area contributed by atoms with E-state index in [1.165, 1.54) is 44.4 Å². The lowest BCUT2D eigenvalue weighted by molar-refractivity contribution is -0.140. The van der Waals surface area contributed by atoms with E-state index in [1.54, 1.807) is 12.1 Å². The molecule has 1 aliphatic rings. The predicted molar refractivity (Wildman–Crippen MR) is 143 cm³/mol. The van der Waals surface area contributed by atoms with Gasteiger partial charge in [0.15, 0.2) is 10.5 Å². The second-order valence-corrected chi connectivity index (χ2v) is 10.7. The van der Waals surface area contributed by atoms with Gasteiger partial charge in [0, 0.05) is 15.6 Å². The molecule has 1 atom stereocenters. The number of fused-ring (bicyclic) bond motifs is 1. The molecule has 0 aliphatic carbocycles. The van der Waals surface area contributed by atoms with Crippen LogP contribution in [0.25, 0.3) is 6.08 Å². The van der Waals surface area contributed by atoms with E-state index in [1.807, 2.05) is 22.6 Å². The van der Waals surface area contributed by atoms with Gasteiger partial charge in [-0.25, -0.2) is 9.79 Å². The van der Waals surface area contributed by atoms with Gasteiger partial charge in [-0.15, -0.1) is 0 Å². The standard InChI is InChI=1S/C24H16Cl2F3IN2O4S/c1-3-36-22(34)17-18(11-4-6-13(25)7-5-11)32-21(33)16(37-23(32)31-20(17)24(27,28)29)9-12-8-14(26)10-15(30)19(12)35-2/h4-10,18H,3H2,1-2H3/b16-9-/t18-/m0/s1.